The van der Waals surface area contributed by atoms with Gasteiger partial charge in [-0.1, -0.05) is 112 Å². The summed E-state index contributed by atoms with van der Waals surface area (Å²) in [4.78, 5) is 2.26. The van der Waals surface area contributed by atoms with Crippen LogP contribution in [0.5, 0.6) is 0 Å². The monoisotopic (exact) mass is 587 g/mol. The minimum Gasteiger partial charge on any atom is -0.454 e. The van der Waals surface area contributed by atoms with E-state index in [-0.39, 0.29) is 5.41 Å². The highest BCUT2D eigenvalue weighted by Crippen LogP contribution is 2.51. The first-order chi connectivity index (χ1) is 21.8. The molecule has 45 heavy (non-hydrogen) atoms. The molecule has 5 aromatic carbocycles. The Bertz CT molecular complexity index is 2170. The molecule has 1 heterocycles. The fraction of sp³-hybridized carbons (Fsp3) is 0.150. The molecule has 1 unspecified atom stereocenters. The molecule has 220 valence electrons. The molecule has 0 fully saturated rings. The highest BCUT2D eigenvalue weighted by molar-refractivity contribution is 6.61. The number of rotatable bonds is 5. The number of nitrogens with zero attached hydrogens (tertiary/aromatic N) is 1. The van der Waals surface area contributed by atoms with E-state index in [9.17, 15) is 10.0 Å². The summed E-state index contributed by atoms with van der Waals surface area (Å²) in [5, 5.41) is 22.0. The number of hydrogen-bond donors (Lipinski definition) is 2. The largest absolute Gasteiger partial charge is 0.492 e. The second-order valence-electron chi connectivity index (χ2n) is 12.9. The van der Waals surface area contributed by atoms with Gasteiger partial charge in [0.25, 0.3) is 0 Å². The van der Waals surface area contributed by atoms with Crippen LogP contribution < -0.4 is 10.4 Å². The van der Waals surface area contributed by atoms with Crippen molar-refractivity contribution in [1.29, 1.82) is 0 Å². The van der Waals surface area contributed by atoms with E-state index in [1.807, 2.05) is 24.3 Å². The Labute approximate surface area is 263 Å². The second kappa shape index (κ2) is 10.4. The van der Waals surface area contributed by atoms with E-state index < -0.39 is 7.12 Å². The smallest absolute Gasteiger partial charge is 0.454 e. The average molecular weight is 588 g/mol. The Hall–Kier alpha value is -4.84. The van der Waals surface area contributed by atoms with Gasteiger partial charge in [0.2, 0.25) is 0 Å². The van der Waals surface area contributed by atoms with E-state index in [1.54, 1.807) is 6.07 Å². The van der Waals surface area contributed by atoms with Gasteiger partial charge in [0.1, 0.15) is 5.58 Å². The predicted octanol–water partition coefficient (Wildman–Crippen LogP) is 9.02. The Morgan fingerprint density at radius 3 is 2.24 bits per heavy atom. The van der Waals surface area contributed by atoms with Gasteiger partial charge in [0.15, 0.2) is 5.58 Å². The molecular weight excluding hydrogens is 553 g/mol. The Morgan fingerprint density at radius 1 is 0.756 bits per heavy atom. The first-order valence-electron chi connectivity index (χ1n) is 15.6. The van der Waals surface area contributed by atoms with Crippen LogP contribution >= 0.6 is 0 Å². The molecule has 0 radical (unpaired) electrons. The second-order valence-corrected chi connectivity index (χ2v) is 12.9. The summed E-state index contributed by atoms with van der Waals surface area (Å²) in [6.45, 7) is 6.85. The van der Waals surface area contributed by atoms with Gasteiger partial charge < -0.3 is 19.4 Å². The van der Waals surface area contributed by atoms with E-state index in [4.69, 9.17) is 4.42 Å². The molecule has 6 aromatic rings. The number of para-hydroxylation sites is 2. The van der Waals surface area contributed by atoms with Gasteiger partial charge in [-0.05, 0) is 76.1 Å². The van der Waals surface area contributed by atoms with Crippen LogP contribution in [0.25, 0.3) is 38.6 Å². The third-order valence-corrected chi connectivity index (χ3v) is 9.65. The lowest BCUT2D eigenvalue weighted by atomic mass is 9.79. The molecule has 5 heteroatoms. The van der Waals surface area contributed by atoms with Crippen LogP contribution in [-0.4, -0.2) is 17.2 Å². The summed E-state index contributed by atoms with van der Waals surface area (Å²) in [6, 6.07) is 35.9. The van der Waals surface area contributed by atoms with Crippen molar-refractivity contribution in [3.63, 3.8) is 0 Å². The maximum Gasteiger partial charge on any atom is 0.492 e. The lowest BCUT2D eigenvalue weighted by Crippen LogP contribution is -2.29. The number of anilines is 3. The quantitative estimate of drug-likeness (QED) is 0.198. The fourth-order valence-electron chi connectivity index (χ4n) is 7.35. The zero-order chi connectivity index (χ0) is 30.9. The van der Waals surface area contributed by atoms with Crippen LogP contribution in [0.15, 0.2) is 126 Å². The molecular formula is C40H34BNO3. The van der Waals surface area contributed by atoms with E-state index in [0.717, 1.165) is 34.3 Å². The van der Waals surface area contributed by atoms with Crippen LogP contribution in [0.3, 0.4) is 0 Å². The Kier molecular flexibility index (Phi) is 6.38. The van der Waals surface area contributed by atoms with Crippen molar-refractivity contribution in [1.82, 2.24) is 0 Å². The summed E-state index contributed by atoms with van der Waals surface area (Å²) in [5.41, 5.74) is 12.1. The SMILES string of the molecule is CC1C=CC=C(c2ccc(N(c3ccc4c(c3)C(C)(C)c3ccccc3-4)c3cccc4c3oc3c(B(O)O)cccc34)cc2)C1. The molecule has 2 aliphatic carbocycles. The van der Waals surface area contributed by atoms with Gasteiger partial charge in [-0.15, -0.1) is 0 Å². The summed E-state index contributed by atoms with van der Waals surface area (Å²) >= 11 is 0. The Morgan fingerprint density at radius 2 is 1.47 bits per heavy atom. The molecule has 0 spiro atoms. The standard InChI is InChI=1S/C40H34BNO3/c1-25-9-6-10-27(23-25)26-17-19-28(20-18-26)42(29-21-22-31-30-11-4-5-14-34(30)40(2,3)35(31)24-29)37-16-8-13-33-32-12-7-15-36(41(43)44)38(32)45-39(33)37/h4-22,24-25,43-44H,23H2,1-3H3. The van der Waals surface area contributed by atoms with Gasteiger partial charge in [-0.3, -0.25) is 0 Å². The third-order valence-electron chi connectivity index (χ3n) is 9.65. The average Bonchev–Trinajstić information content (AvgIpc) is 3.54. The van der Waals surface area contributed by atoms with Gasteiger partial charge in [-0.25, -0.2) is 0 Å². The van der Waals surface area contributed by atoms with Crippen LogP contribution in [0.1, 0.15) is 43.9 Å². The predicted molar refractivity (Wildman–Crippen MR) is 187 cm³/mol. The van der Waals surface area contributed by atoms with E-state index in [2.05, 4.69) is 117 Å². The van der Waals surface area contributed by atoms with Crippen molar-refractivity contribution < 1.29 is 14.5 Å². The summed E-state index contributed by atoms with van der Waals surface area (Å²) in [7, 11) is -1.63. The minimum atomic E-state index is -1.63. The summed E-state index contributed by atoms with van der Waals surface area (Å²) in [6.07, 6.45) is 7.66. The molecule has 1 aromatic heterocycles. The van der Waals surface area contributed by atoms with Crippen LogP contribution in [-0.2, 0) is 5.41 Å². The fourth-order valence-corrected chi connectivity index (χ4v) is 7.35. The lowest BCUT2D eigenvalue weighted by molar-refractivity contribution is 0.425. The number of benzene rings is 5. The number of fused-ring (bicyclic) bond motifs is 6. The molecule has 0 bridgehead atoms. The van der Waals surface area contributed by atoms with Crippen molar-refractivity contribution in [2.24, 2.45) is 5.92 Å². The van der Waals surface area contributed by atoms with Gasteiger partial charge in [-0.2, -0.15) is 0 Å². The molecule has 0 saturated carbocycles. The number of furan rings is 1. The van der Waals surface area contributed by atoms with E-state index in [0.29, 0.717) is 22.5 Å². The minimum absolute atomic E-state index is 0.146. The van der Waals surface area contributed by atoms with Gasteiger partial charge >= 0.3 is 7.12 Å². The highest BCUT2D eigenvalue weighted by atomic mass is 16.4. The maximum absolute atomic E-state index is 10.1. The molecule has 0 amide bonds. The molecule has 2 aliphatic rings. The first kappa shape index (κ1) is 27.7. The van der Waals surface area contributed by atoms with Crippen molar-refractivity contribution in [3.05, 3.63) is 138 Å². The number of hydrogen-bond acceptors (Lipinski definition) is 4. The summed E-state index contributed by atoms with van der Waals surface area (Å²) < 4.78 is 6.54. The molecule has 8 rings (SSSR count). The van der Waals surface area contributed by atoms with E-state index >= 15 is 0 Å². The zero-order valence-electron chi connectivity index (χ0n) is 25.7. The first-order valence-corrected chi connectivity index (χ1v) is 15.6. The lowest BCUT2D eigenvalue weighted by Gasteiger charge is -2.28. The van der Waals surface area contributed by atoms with Crippen molar-refractivity contribution >= 4 is 57.2 Å². The van der Waals surface area contributed by atoms with Crippen molar-refractivity contribution in [2.45, 2.75) is 32.6 Å². The summed E-state index contributed by atoms with van der Waals surface area (Å²) in [5.74, 6) is 0.521. The molecule has 4 nitrogen and oxygen atoms in total. The molecule has 0 aliphatic heterocycles. The van der Waals surface area contributed by atoms with Crippen LogP contribution in [0.2, 0.25) is 0 Å². The van der Waals surface area contributed by atoms with E-state index in [1.165, 1.54) is 33.4 Å². The van der Waals surface area contributed by atoms with Crippen molar-refractivity contribution in [3.8, 4) is 11.1 Å². The highest BCUT2D eigenvalue weighted by Gasteiger charge is 2.36. The molecule has 1 atom stereocenters. The maximum atomic E-state index is 10.1. The van der Waals surface area contributed by atoms with Crippen LogP contribution in [0, 0.1) is 5.92 Å². The topological polar surface area (TPSA) is 56.8 Å². The third kappa shape index (κ3) is 4.38. The van der Waals surface area contributed by atoms with Gasteiger partial charge in [0, 0.05) is 33.0 Å². The van der Waals surface area contributed by atoms with Crippen molar-refractivity contribution in [2.75, 3.05) is 4.90 Å². The molecule has 0 saturated heterocycles. The molecule has 2 N–H and O–H groups in total. The van der Waals surface area contributed by atoms with Crippen LogP contribution in [0.4, 0.5) is 17.1 Å². The zero-order valence-corrected chi connectivity index (χ0v) is 25.7. The van der Waals surface area contributed by atoms with Gasteiger partial charge in [0.05, 0.1) is 5.69 Å². The number of allylic oxidation sites excluding steroid dienone is 4. The Balaban J connectivity index is 1.34. The normalized spacial score (nSPS) is 16.5.